The number of amides is 1. The van der Waals surface area contributed by atoms with Crippen molar-refractivity contribution < 1.29 is 89.4 Å². The van der Waals surface area contributed by atoms with Crippen molar-refractivity contribution in [2.75, 3.05) is 26.4 Å². The molecule has 3 aliphatic rings. The lowest BCUT2D eigenvalue weighted by Gasteiger charge is -2.48. The molecule has 0 aliphatic carbocycles. The van der Waals surface area contributed by atoms with Crippen LogP contribution in [0.15, 0.2) is 36.5 Å². The van der Waals surface area contributed by atoms with Gasteiger partial charge in [0.1, 0.15) is 73.2 Å². The summed E-state index contributed by atoms with van der Waals surface area (Å²) in [7, 11) is 0. The highest BCUT2D eigenvalue weighted by molar-refractivity contribution is 5.76. The first kappa shape index (κ1) is 85.2. The summed E-state index contributed by atoms with van der Waals surface area (Å²) in [5.41, 5.74) is 0. The molecule has 3 aliphatic heterocycles. The Morgan fingerprint density at radius 1 is 0.387 bits per heavy atom. The molecule has 0 bridgehead atoms. The molecule has 0 spiro atoms. The number of carbonyl (C=O) groups excluding carboxylic acids is 1. The van der Waals surface area contributed by atoms with Crippen LogP contribution in [0.1, 0.15) is 296 Å². The fraction of sp³-hybridized carbons (Fsp3) is 0.905. The summed E-state index contributed by atoms with van der Waals surface area (Å²) in [4.78, 5) is 13.4. The molecule has 0 saturated carbocycles. The molecule has 19 heteroatoms. The summed E-state index contributed by atoms with van der Waals surface area (Å²) < 4.78 is 34.4. The van der Waals surface area contributed by atoms with Crippen LogP contribution in [0.4, 0.5) is 0 Å². The minimum absolute atomic E-state index is 0.247. The lowest BCUT2D eigenvalue weighted by atomic mass is 9.96. The van der Waals surface area contributed by atoms with Crippen LogP contribution in [0.2, 0.25) is 0 Å². The molecule has 3 saturated heterocycles. The minimum atomic E-state index is -1.98. The van der Waals surface area contributed by atoms with Crippen molar-refractivity contribution in [3.8, 4) is 0 Å². The third-order valence-corrected chi connectivity index (χ3v) is 18.9. The van der Waals surface area contributed by atoms with Crippen LogP contribution in [0.3, 0.4) is 0 Å². The molecule has 12 N–H and O–H groups in total. The van der Waals surface area contributed by atoms with E-state index in [1.807, 2.05) is 6.08 Å². The normalized spacial score (nSPS) is 27.7. The number of aliphatic hydroxyl groups is 11. The monoisotopic (exact) mass is 1330 g/mol. The zero-order chi connectivity index (χ0) is 67.5. The predicted molar refractivity (Wildman–Crippen MR) is 365 cm³/mol. The standard InChI is InChI=1S/C74H137NO18/c1-3-5-7-9-11-13-15-17-19-20-21-22-23-24-25-26-27-28-29-30-31-32-33-34-35-36-38-40-42-44-46-48-50-52-62(80)75-57(58(79)51-49-47-45-43-41-39-37-18-16-14-12-10-8-6-4-2)56-88-72-68(86)65(83)70(60(54-77)90-72)93-74-69(87)66(84)71(61(55-78)91-74)92-73-67(85)64(82)63(81)59(53-76)89-73/h15,17,20-21,49,51,57-61,63-74,76-79,81-87H,3-14,16,18-19,22-48,50,52-56H2,1-2H3,(H,75,80)/b17-15-,21-20-,51-49+. The Labute approximate surface area is 561 Å². The van der Waals surface area contributed by atoms with E-state index >= 15 is 0 Å². The van der Waals surface area contributed by atoms with Crippen molar-refractivity contribution in [1.82, 2.24) is 5.32 Å². The van der Waals surface area contributed by atoms with E-state index in [0.29, 0.717) is 6.42 Å². The number of hydrogen-bond donors (Lipinski definition) is 12. The summed E-state index contributed by atoms with van der Waals surface area (Å²) in [6.07, 6.45) is 40.0. The Balaban J connectivity index is 1.35. The van der Waals surface area contributed by atoms with Crippen molar-refractivity contribution in [3.05, 3.63) is 36.5 Å². The fourth-order valence-corrected chi connectivity index (χ4v) is 12.8. The van der Waals surface area contributed by atoms with Crippen molar-refractivity contribution in [2.45, 2.75) is 401 Å². The number of nitrogens with one attached hydrogen (secondary N) is 1. The Morgan fingerprint density at radius 3 is 1.10 bits per heavy atom. The number of aliphatic hydroxyl groups excluding tert-OH is 11. The van der Waals surface area contributed by atoms with Gasteiger partial charge in [-0.2, -0.15) is 0 Å². The van der Waals surface area contributed by atoms with Crippen LogP contribution in [0.5, 0.6) is 0 Å². The van der Waals surface area contributed by atoms with Crippen LogP contribution in [-0.2, 0) is 33.2 Å². The average Bonchev–Trinajstić information content (AvgIpc) is 0.902. The number of carbonyl (C=O) groups is 1. The first-order valence-electron chi connectivity index (χ1n) is 37.7. The number of allylic oxidation sites excluding steroid dienone is 5. The third kappa shape index (κ3) is 37.1. The number of hydrogen-bond acceptors (Lipinski definition) is 18. The van der Waals surface area contributed by atoms with Gasteiger partial charge < -0.3 is 89.9 Å². The highest BCUT2D eigenvalue weighted by Crippen LogP contribution is 2.33. The lowest BCUT2D eigenvalue weighted by molar-refractivity contribution is -0.379. The Kier molecular flexibility index (Phi) is 51.2. The maximum atomic E-state index is 13.4. The maximum absolute atomic E-state index is 13.4. The summed E-state index contributed by atoms with van der Waals surface area (Å²) in [5.74, 6) is -0.271. The van der Waals surface area contributed by atoms with E-state index < -0.39 is 124 Å². The average molecular weight is 1330 g/mol. The SMILES string of the molecule is CCCCCCC/C=C\C/C=C\CCCCCCCCCCCCCCCCCCCCCCCC(=O)NC(COC1OC(CO)C(OC2OC(CO)C(OC3OC(CO)C(O)C(O)C3O)C(O)C2O)C(O)C1O)C(O)/C=C/CCCCCCCCCCCCCCC. The van der Waals surface area contributed by atoms with Crippen LogP contribution in [-0.4, -0.2) is 193 Å². The van der Waals surface area contributed by atoms with Gasteiger partial charge >= 0.3 is 0 Å². The molecule has 3 fully saturated rings. The van der Waals surface area contributed by atoms with Gasteiger partial charge in [0.2, 0.25) is 5.91 Å². The van der Waals surface area contributed by atoms with E-state index in [1.165, 1.54) is 218 Å². The van der Waals surface area contributed by atoms with Crippen LogP contribution in [0, 0.1) is 0 Å². The second-order valence-electron chi connectivity index (χ2n) is 27.1. The van der Waals surface area contributed by atoms with Crippen LogP contribution < -0.4 is 5.32 Å². The molecular weight excluding hydrogens is 1190 g/mol. The van der Waals surface area contributed by atoms with Gasteiger partial charge in [-0.1, -0.05) is 275 Å². The summed E-state index contributed by atoms with van der Waals surface area (Å²) >= 11 is 0. The molecule has 546 valence electrons. The summed E-state index contributed by atoms with van der Waals surface area (Å²) in [5, 5.41) is 121. The maximum Gasteiger partial charge on any atom is 0.220 e. The van der Waals surface area contributed by atoms with Crippen molar-refractivity contribution in [1.29, 1.82) is 0 Å². The fourth-order valence-electron chi connectivity index (χ4n) is 12.8. The van der Waals surface area contributed by atoms with Gasteiger partial charge in [-0.05, 0) is 51.4 Å². The quantitative estimate of drug-likeness (QED) is 0.0199. The molecule has 0 aromatic carbocycles. The molecular formula is C74H137NO18. The molecule has 93 heavy (non-hydrogen) atoms. The van der Waals surface area contributed by atoms with Gasteiger partial charge in [0.05, 0.1) is 38.6 Å². The topological polar surface area (TPSA) is 307 Å². The largest absolute Gasteiger partial charge is 0.394 e. The van der Waals surface area contributed by atoms with E-state index in [-0.39, 0.29) is 18.9 Å². The van der Waals surface area contributed by atoms with Crippen LogP contribution >= 0.6 is 0 Å². The van der Waals surface area contributed by atoms with E-state index in [4.69, 9.17) is 28.4 Å². The molecule has 0 aromatic heterocycles. The molecule has 3 heterocycles. The number of rotatable bonds is 59. The Bertz CT molecular complexity index is 1830. The molecule has 19 nitrogen and oxygen atoms in total. The smallest absolute Gasteiger partial charge is 0.220 e. The molecule has 0 radical (unpaired) electrons. The van der Waals surface area contributed by atoms with Gasteiger partial charge in [-0.25, -0.2) is 0 Å². The van der Waals surface area contributed by atoms with Gasteiger partial charge in [0.15, 0.2) is 18.9 Å². The highest BCUT2D eigenvalue weighted by atomic mass is 16.8. The summed E-state index contributed by atoms with van der Waals surface area (Å²) in [6.45, 7) is 1.75. The highest BCUT2D eigenvalue weighted by Gasteiger charge is 2.53. The van der Waals surface area contributed by atoms with Crippen molar-refractivity contribution in [2.24, 2.45) is 0 Å². The first-order chi connectivity index (χ1) is 45.3. The van der Waals surface area contributed by atoms with Gasteiger partial charge in [-0.3, -0.25) is 4.79 Å². The molecule has 1 amide bonds. The molecule has 3 rings (SSSR count). The van der Waals surface area contributed by atoms with Gasteiger partial charge in [0, 0.05) is 6.42 Å². The second kappa shape index (κ2) is 55.8. The predicted octanol–water partition coefficient (Wildman–Crippen LogP) is 11.2. The summed E-state index contributed by atoms with van der Waals surface area (Å²) in [6, 6.07) is -0.971. The van der Waals surface area contributed by atoms with Crippen LogP contribution in [0.25, 0.3) is 0 Å². The zero-order valence-corrected chi connectivity index (χ0v) is 58.0. The third-order valence-electron chi connectivity index (χ3n) is 18.9. The zero-order valence-electron chi connectivity index (χ0n) is 58.0. The molecule has 17 atom stereocenters. The van der Waals surface area contributed by atoms with E-state index in [9.17, 15) is 61.0 Å². The van der Waals surface area contributed by atoms with E-state index in [0.717, 1.165) is 51.4 Å². The van der Waals surface area contributed by atoms with Crippen molar-refractivity contribution >= 4 is 5.91 Å². The lowest BCUT2D eigenvalue weighted by Crippen LogP contribution is -2.66. The Hall–Kier alpha value is -1.99. The number of ether oxygens (including phenoxy) is 6. The van der Waals surface area contributed by atoms with Gasteiger partial charge in [0.25, 0.3) is 0 Å². The number of unbranched alkanes of at least 4 members (excludes halogenated alkanes) is 39. The van der Waals surface area contributed by atoms with Gasteiger partial charge in [-0.15, -0.1) is 0 Å². The minimum Gasteiger partial charge on any atom is -0.394 e. The Morgan fingerprint density at radius 2 is 0.710 bits per heavy atom. The molecule has 0 aromatic rings. The first-order valence-corrected chi connectivity index (χ1v) is 37.7. The van der Waals surface area contributed by atoms with E-state index in [2.05, 4.69) is 43.5 Å². The van der Waals surface area contributed by atoms with Crippen molar-refractivity contribution in [3.63, 3.8) is 0 Å². The van der Waals surface area contributed by atoms with E-state index in [1.54, 1.807) is 6.08 Å². The molecule has 17 unspecified atom stereocenters. The second-order valence-corrected chi connectivity index (χ2v) is 27.1.